The number of ether oxygens (including phenoxy) is 1. The molecule has 1 heterocycles. The summed E-state index contributed by atoms with van der Waals surface area (Å²) in [5.41, 5.74) is 0.996. The number of β-amino-alcohol motifs (C(OH)–C–C–N with tert-alkyl or cyclic N) is 1. The number of nitrogens with zero attached hydrogens (tertiary/aromatic N) is 1. The molecule has 1 saturated heterocycles. The Labute approximate surface area is 132 Å². The van der Waals surface area contributed by atoms with E-state index < -0.39 is 0 Å². The Bertz CT molecular complexity index is 453. The maximum atomic E-state index is 12.0. The summed E-state index contributed by atoms with van der Waals surface area (Å²) in [5, 5.41) is 12.0. The van der Waals surface area contributed by atoms with Gasteiger partial charge in [-0.15, -0.1) is 0 Å². The van der Waals surface area contributed by atoms with Gasteiger partial charge in [-0.25, -0.2) is 0 Å². The molecule has 1 fully saturated rings. The number of methoxy groups -OCH3 is 1. The number of piperidine rings is 1. The first-order chi connectivity index (χ1) is 10.7. The number of rotatable bonds is 7. The Morgan fingerprint density at radius 3 is 2.59 bits per heavy atom. The van der Waals surface area contributed by atoms with Gasteiger partial charge >= 0.3 is 0 Å². The normalized spacial score (nSPS) is 16.5. The van der Waals surface area contributed by atoms with Crippen molar-refractivity contribution in [1.82, 2.24) is 10.2 Å². The van der Waals surface area contributed by atoms with E-state index >= 15 is 0 Å². The SMILES string of the molecule is COc1ccc(CC(=O)NCC2CCN(CCO)CC2)cc1. The summed E-state index contributed by atoms with van der Waals surface area (Å²) in [6.07, 6.45) is 2.58. The van der Waals surface area contributed by atoms with Crippen molar-refractivity contribution in [2.75, 3.05) is 39.9 Å². The molecule has 1 aromatic carbocycles. The highest BCUT2D eigenvalue weighted by molar-refractivity contribution is 5.78. The van der Waals surface area contributed by atoms with Gasteiger partial charge in [0.15, 0.2) is 0 Å². The summed E-state index contributed by atoms with van der Waals surface area (Å²) in [6, 6.07) is 7.59. The summed E-state index contributed by atoms with van der Waals surface area (Å²) in [5.74, 6) is 1.43. The van der Waals surface area contributed by atoms with E-state index in [-0.39, 0.29) is 12.5 Å². The summed E-state index contributed by atoms with van der Waals surface area (Å²) in [7, 11) is 1.63. The molecular weight excluding hydrogens is 280 g/mol. The largest absolute Gasteiger partial charge is 0.497 e. The fourth-order valence-corrected chi connectivity index (χ4v) is 2.81. The highest BCUT2D eigenvalue weighted by Gasteiger charge is 2.19. The maximum Gasteiger partial charge on any atom is 0.224 e. The van der Waals surface area contributed by atoms with E-state index in [1.54, 1.807) is 7.11 Å². The van der Waals surface area contributed by atoms with Crippen molar-refractivity contribution in [2.45, 2.75) is 19.3 Å². The standard InChI is InChI=1S/C17H26N2O3/c1-22-16-4-2-14(3-5-16)12-17(21)18-13-15-6-8-19(9-7-15)10-11-20/h2-5,15,20H,6-13H2,1H3,(H,18,21). The Hall–Kier alpha value is -1.59. The third-order valence-corrected chi connectivity index (χ3v) is 4.24. The molecule has 1 aliphatic rings. The van der Waals surface area contributed by atoms with Crippen molar-refractivity contribution >= 4 is 5.91 Å². The Balaban J connectivity index is 1.67. The molecule has 1 amide bonds. The van der Waals surface area contributed by atoms with E-state index in [1.807, 2.05) is 24.3 Å². The van der Waals surface area contributed by atoms with E-state index in [0.717, 1.165) is 50.3 Å². The van der Waals surface area contributed by atoms with Crippen molar-refractivity contribution in [3.05, 3.63) is 29.8 Å². The van der Waals surface area contributed by atoms with Crippen LogP contribution >= 0.6 is 0 Å². The van der Waals surface area contributed by atoms with Crippen molar-refractivity contribution in [3.63, 3.8) is 0 Å². The molecule has 0 radical (unpaired) electrons. The van der Waals surface area contributed by atoms with Crippen LogP contribution in [0.15, 0.2) is 24.3 Å². The van der Waals surface area contributed by atoms with E-state index in [2.05, 4.69) is 10.2 Å². The van der Waals surface area contributed by atoms with E-state index in [4.69, 9.17) is 9.84 Å². The first kappa shape index (κ1) is 16.8. The smallest absolute Gasteiger partial charge is 0.224 e. The number of benzene rings is 1. The summed E-state index contributed by atoms with van der Waals surface area (Å²) >= 11 is 0. The van der Waals surface area contributed by atoms with Crippen LogP contribution in [-0.2, 0) is 11.2 Å². The predicted molar refractivity (Wildman–Crippen MR) is 86.0 cm³/mol. The molecule has 1 aliphatic heterocycles. The minimum Gasteiger partial charge on any atom is -0.497 e. The number of hydrogen-bond donors (Lipinski definition) is 2. The second-order valence-electron chi connectivity index (χ2n) is 5.84. The zero-order chi connectivity index (χ0) is 15.8. The van der Waals surface area contributed by atoms with Gasteiger partial charge in [-0.1, -0.05) is 12.1 Å². The summed E-state index contributed by atoms with van der Waals surface area (Å²) in [6.45, 7) is 3.76. The fraction of sp³-hybridized carbons (Fsp3) is 0.588. The van der Waals surface area contributed by atoms with Gasteiger partial charge in [0.05, 0.1) is 20.1 Å². The topological polar surface area (TPSA) is 61.8 Å². The average Bonchev–Trinajstić information content (AvgIpc) is 2.55. The molecule has 0 unspecified atom stereocenters. The molecule has 1 aromatic rings. The fourth-order valence-electron chi connectivity index (χ4n) is 2.81. The van der Waals surface area contributed by atoms with Crippen LogP contribution in [0.25, 0.3) is 0 Å². The molecule has 0 atom stereocenters. The van der Waals surface area contributed by atoms with Gasteiger partial charge in [-0.2, -0.15) is 0 Å². The van der Waals surface area contributed by atoms with Crippen molar-refractivity contribution in [3.8, 4) is 5.75 Å². The number of amides is 1. The summed E-state index contributed by atoms with van der Waals surface area (Å²) < 4.78 is 5.11. The quantitative estimate of drug-likeness (QED) is 0.791. The number of aliphatic hydroxyl groups excluding tert-OH is 1. The molecule has 0 aromatic heterocycles. The molecule has 5 nitrogen and oxygen atoms in total. The Kier molecular flexibility index (Phi) is 6.68. The lowest BCUT2D eigenvalue weighted by molar-refractivity contribution is -0.120. The zero-order valence-electron chi connectivity index (χ0n) is 13.3. The van der Waals surface area contributed by atoms with Gasteiger partial charge in [0.2, 0.25) is 5.91 Å². The highest BCUT2D eigenvalue weighted by atomic mass is 16.5. The first-order valence-electron chi connectivity index (χ1n) is 7.94. The third-order valence-electron chi connectivity index (χ3n) is 4.24. The molecule has 122 valence electrons. The van der Waals surface area contributed by atoms with E-state index in [1.165, 1.54) is 0 Å². The molecule has 22 heavy (non-hydrogen) atoms. The lowest BCUT2D eigenvalue weighted by atomic mass is 9.96. The van der Waals surface area contributed by atoms with Crippen LogP contribution in [0.1, 0.15) is 18.4 Å². The van der Waals surface area contributed by atoms with Crippen LogP contribution in [0.5, 0.6) is 5.75 Å². The van der Waals surface area contributed by atoms with Crippen LogP contribution in [0.3, 0.4) is 0 Å². The minimum atomic E-state index is 0.0722. The minimum absolute atomic E-state index is 0.0722. The van der Waals surface area contributed by atoms with Crippen LogP contribution < -0.4 is 10.1 Å². The maximum absolute atomic E-state index is 12.0. The van der Waals surface area contributed by atoms with E-state index in [9.17, 15) is 4.79 Å². The first-order valence-corrected chi connectivity index (χ1v) is 7.94. The van der Waals surface area contributed by atoms with Gasteiger partial charge in [0.25, 0.3) is 0 Å². The molecule has 2 N–H and O–H groups in total. The molecule has 5 heteroatoms. The van der Waals surface area contributed by atoms with Crippen LogP contribution in [0.4, 0.5) is 0 Å². The van der Waals surface area contributed by atoms with Crippen LogP contribution in [-0.4, -0.2) is 55.8 Å². The van der Waals surface area contributed by atoms with Crippen molar-refractivity contribution < 1.29 is 14.6 Å². The Morgan fingerprint density at radius 2 is 2.00 bits per heavy atom. The Morgan fingerprint density at radius 1 is 1.32 bits per heavy atom. The van der Waals surface area contributed by atoms with Gasteiger partial charge in [0, 0.05) is 13.1 Å². The number of carbonyl (C=O) groups is 1. The van der Waals surface area contributed by atoms with Gasteiger partial charge < -0.3 is 20.1 Å². The lowest BCUT2D eigenvalue weighted by Gasteiger charge is -2.31. The third kappa shape index (κ3) is 5.31. The predicted octanol–water partition coefficient (Wildman–Crippen LogP) is 1.06. The number of aliphatic hydroxyl groups is 1. The number of nitrogens with one attached hydrogen (secondary N) is 1. The van der Waals surface area contributed by atoms with Gasteiger partial charge in [-0.05, 0) is 49.5 Å². The van der Waals surface area contributed by atoms with Crippen LogP contribution in [0, 0.1) is 5.92 Å². The van der Waals surface area contributed by atoms with Gasteiger partial charge in [-0.3, -0.25) is 4.79 Å². The summed E-state index contributed by atoms with van der Waals surface area (Å²) in [4.78, 5) is 14.3. The molecule has 0 aliphatic carbocycles. The molecular formula is C17H26N2O3. The monoisotopic (exact) mass is 306 g/mol. The second kappa shape index (κ2) is 8.76. The van der Waals surface area contributed by atoms with Gasteiger partial charge in [0.1, 0.15) is 5.75 Å². The van der Waals surface area contributed by atoms with E-state index in [0.29, 0.717) is 12.3 Å². The molecule has 0 bridgehead atoms. The number of carbonyl (C=O) groups excluding carboxylic acids is 1. The molecule has 0 spiro atoms. The molecule has 2 rings (SSSR count). The lowest BCUT2D eigenvalue weighted by Crippen LogP contribution is -2.40. The van der Waals surface area contributed by atoms with Crippen molar-refractivity contribution in [2.24, 2.45) is 5.92 Å². The highest BCUT2D eigenvalue weighted by Crippen LogP contribution is 2.16. The second-order valence-corrected chi connectivity index (χ2v) is 5.84. The van der Waals surface area contributed by atoms with Crippen LogP contribution in [0.2, 0.25) is 0 Å². The number of hydrogen-bond acceptors (Lipinski definition) is 4. The zero-order valence-corrected chi connectivity index (χ0v) is 13.3. The average molecular weight is 306 g/mol. The molecule has 0 saturated carbocycles. The number of likely N-dealkylation sites (tertiary alicyclic amines) is 1. The van der Waals surface area contributed by atoms with Crippen molar-refractivity contribution in [1.29, 1.82) is 0 Å².